The summed E-state index contributed by atoms with van der Waals surface area (Å²) in [7, 11) is 0. The van der Waals surface area contributed by atoms with E-state index < -0.39 is 4.92 Å². The van der Waals surface area contributed by atoms with E-state index in [2.05, 4.69) is 5.32 Å². The first-order valence-corrected chi connectivity index (χ1v) is 5.75. The Balaban J connectivity index is 2.63. The maximum absolute atomic E-state index is 11.1. The number of hydrogen-bond acceptors (Lipinski definition) is 5. The molecule has 1 aromatic carbocycles. The van der Waals surface area contributed by atoms with Gasteiger partial charge in [0, 0.05) is 17.6 Å². The van der Waals surface area contributed by atoms with Crippen LogP contribution in [-0.2, 0) is 9.53 Å². The van der Waals surface area contributed by atoms with Crippen molar-refractivity contribution in [2.24, 2.45) is 0 Å². The number of rotatable bonds is 6. The SMILES string of the molecule is CCOC(=O)CCNc1cc(Cl)ccc1[N+](=O)[O-]. The molecule has 1 aromatic rings. The number of nitro benzene ring substituents is 1. The van der Waals surface area contributed by atoms with Crippen LogP contribution in [0, 0.1) is 10.1 Å². The molecule has 0 aliphatic heterocycles. The van der Waals surface area contributed by atoms with Crippen LogP contribution < -0.4 is 5.32 Å². The van der Waals surface area contributed by atoms with Crippen LogP contribution in [0.3, 0.4) is 0 Å². The van der Waals surface area contributed by atoms with Crippen molar-refractivity contribution in [3.05, 3.63) is 33.3 Å². The lowest BCUT2D eigenvalue weighted by molar-refractivity contribution is -0.384. The number of esters is 1. The second kappa shape index (κ2) is 6.80. The van der Waals surface area contributed by atoms with Gasteiger partial charge in [-0.2, -0.15) is 0 Å². The summed E-state index contributed by atoms with van der Waals surface area (Å²) in [5.74, 6) is -0.352. The summed E-state index contributed by atoms with van der Waals surface area (Å²) in [5, 5.41) is 13.9. The van der Waals surface area contributed by atoms with Gasteiger partial charge in [-0.25, -0.2) is 0 Å². The molecule has 0 bridgehead atoms. The number of nitrogens with zero attached hydrogens (tertiary/aromatic N) is 1. The third-order valence-electron chi connectivity index (χ3n) is 2.11. The Kier molecular flexibility index (Phi) is 5.38. The average Bonchev–Trinajstić information content (AvgIpc) is 2.29. The average molecular weight is 273 g/mol. The molecule has 0 aromatic heterocycles. The molecule has 98 valence electrons. The Morgan fingerprint density at radius 1 is 1.56 bits per heavy atom. The monoisotopic (exact) mass is 272 g/mol. The van der Waals surface area contributed by atoms with Gasteiger partial charge in [0.1, 0.15) is 5.69 Å². The van der Waals surface area contributed by atoms with E-state index in [1.165, 1.54) is 18.2 Å². The third kappa shape index (κ3) is 4.21. The van der Waals surface area contributed by atoms with E-state index in [-0.39, 0.29) is 30.3 Å². The zero-order chi connectivity index (χ0) is 13.5. The predicted molar refractivity (Wildman–Crippen MR) is 67.8 cm³/mol. The number of anilines is 1. The van der Waals surface area contributed by atoms with Crippen molar-refractivity contribution < 1.29 is 14.5 Å². The van der Waals surface area contributed by atoms with Crippen molar-refractivity contribution in [1.29, 1.82) is 0 Å². The molecular formula is C11H13ClN2O4. The highest BCUT2D eigenvalue weighted by Crippen LogP contribution is 2.27. The number of carbonyl (C=O) groups is 1. The highest BCUT2D eigenvalue weighted by molar-refractivity contribution is 6.31. The normalized spacial score (nSPS) is 9.89. The van der Waals surface area contributed by atoms with Crippen LogP contribution in [-0.4, -0.2) is 24.0 Å². The summed E-state index contributed by atoms with van der Waals surface area (Å²) >= 11 is 5.76. The molecule has 0 amide bonds. The molecule has 0 radical (unpaired) electrons. The standard InChI is InChI=1S/C11H13ClN2O4/c1-2-18-11(15)5-6-13-9-7-8(12)3-4-10(9)14(16)17/h3-4,7,13H,2,5-6H2,1H3. The second-order valence-electron chi connectivity index (χ2n) is 3.40. The summed E-state index contributed by atoms with van der Waals surface area (Å²) in [5.41, 5.74) is 0.208. The minimum absolute atomic E-state index is 0.0803. The first-order chi connectivity index (χ1) is 8.54. The minimum atomic E-state index is -0.511. The first-order valence-electron chi connectivity index (χ1n) is 5.38. The summed E-state index contributed by atoms with van der Waals surface area (Å²) in [6.45, 7) is 2.28. The molecular weight excluding hydrogens is 260 g/mol. The van der Waals surface area contributed by atoms with Crippen LogP contribution in [0.5, 0.6) is 0 Å². The quantitative estimate of drug-likeness (QED) is 0.489. The minimum Gasteiger partial charge on any atom is -0.466 e. The molecule has 0 heterocycles. The molecule has 0 fully saturated rings. The Bertz CT molecular complexity index is 451. The van der Waals surface area contributed by atoms with E-state index in [1.54, 1.807) is 6.92 Å². The maximum atomic E-state index is 11.1. The van der Waals surface area contributed by atoms with Crippen LogP contribution >= 0.6 is 11.6 Å². The van der Waals surface area contributed by atoms with Crippen molar-refractivity contribution >= 4 is 28.9 Å². The van der Waals surface area contributed by atoms with Gasteiger partial charge >= 0.3 is 5.97 Å². The van der Waals surface area contributed by atoms with Crippen LogP contribution in [0.4, 0.5) is 11.4 Å². The van der Waals surface area contributed by atoms with Gasteiger partial charge in [0.2, 0.25) is 0 Å². The van der Waals surface area contributed by atoms with Crippen molar-refractivity contribution in [1.82, 2.24) is 0 Å². The molecule has 0 aliphatic carbocycles. The number of nitro groups is 1. The Hall–Kier alpha value is -1.82. The third-order valence-corrected chi connectivity index (χ3v) is 2.34. The Labute approximate surface area is 109 Å². The van der Waals surface area contributed by atoms with Crippen molar-refractivity contribution in [3.8, 4) is 0 Å². The van der Waals surface area contributed by atoms with Crippen LogP contribution in [0.1, 0.15) is 13.3 Å². The molecule has 0 saturated heterocycles. The van der Waals surface area contributed by atoms with Gasteiger partial charge in [0.25, 0.3) is 5.69 Å². The molecule has 1 rings (SSSR count). The van der Waals surface area contributed by atoms with Gasteiger partial charge in [0.15, 0.2) is 0 Å². The molecule has 0 spiro atoms. The number of carbonyl (C=O) groups excluding carboxylic acids is 1. The fraction of sp³-hybridized carbons (Fsp3) is 0.364. The molecule has 0 aliphatic rings. The number of nitrogens with one attached hydrogen (secondary N) is 1. The van der Waals surface area contributed by atoms with Gasteiger partial charge in [-0.3, -0.25) is 14.9 Å². The number of ether oxygens (including phenoxy) is 1. The zero-order valence-electron chi connectivity index (χ0n) is 9.81. The molecule has 0 saturated carbocycles. The highest BCUT2D eigenvalue weighted by Gasteiger charge is 2.13. The van der Waals surface area contributed by atoms with Gasteiger partial charge in [-0.1, -0.05) is 11.6 Å². The fourth-order valence-corrected chi connectivity index (χ4v) is 1.51. The van der Waals surface area contributed by atoms with E-state index in [1.807, 2.05) is 0 Å². The van der Waals surface area contributed by atoms with Crippen LogP contribution in [0.2, 0.25) is 5.02 Å². The molecule has 0 unspecified atom stereocenters. The summed E-state index contributed by atoms with van der Waals surface area (Å²) in [4.78, 5) is 21.3. The fourth-order valence-electron chi connectivity index (χ4n) is 1.34. The summed E-state index contributed by atoms with van der Waals surface area (Å²) in [6, 6.07) is 4.20. The molecule has 6 nitrogen and oxygen atoms in total. The van der Waals surface area contributed by atoms with Crippen molar-refractivity contribution in [2.75, 3.05) is 18.5 Å². The smallest absolute Gasteiger partial charge is 0.307 e. The number of hydrogen-bond donors (Lipinski definition) is 1. The maximum Gasteiger partial charge on any atom is 0.307 e. The van der Waals surface area contributed by atoms with E-state index in [4.69, 9.17) is 16.3 Å². The predicted octanol–water partition coefficient (Wildman–Crippen LogP) is 2.61. The van der Waals surface area contributed by atoms with Crippen molar-refractivity contribution in [3.63, 3.8) is 0 Å². The highest BCUT2D eigenvalue weighted by atomic mass is 35.5. The van der Waals surface area contributed by atoms with E-state index in [9.17, 15) is 14.9 Å². The lowest BCUT2D eigenvalue weighted by atomic mass is 10.2. The lowest BCUT2D eigenvalue weighted by Gasteiger charge is -2.07. The van der Waals surface area contributed by atoms with Gasteiger partial charge < -0.3 is 10.1 Å². The topological polar surface area (TPSA) is 81.5 Å². The van der Waals surface area contributed by atoms with Crippen molar-refractivity contribution in [2.45, 2.75) is 13.3 Å². The number of halogens is 1. The molecule has 7 heteroatoms. The van der Waals surface area contributed by atoms with E-state index in [0.29, 0.717) is 11.6 Å². The van der Waals surface area contributed by atoms with Gasteiger partial charge in [-0.05, 0) is 19.1 Å². The zero-order valence-corrected chi connectivity index (χ0v) is 10.6. The summed E-state index contributed by atoms with van der Waals surface area (Å²) < 4.78 is 4.74. The molecule has 18 heavy (non-hydrogen) atoms. The lowest BCUT2D eigenvalue weighted by Crippen LogP contribution is -2.12. The van der Waals surface area contributed by atoms with Crippen LogP contribution in [0.15, 0.2) is 18.2 Å². The second-order valence-corrected chi connectivity index (χ2v) is 3.84. The van der Waals surface area contributed by atoms with Crippen LogP contribution in [0.25, 0.3) is 0 Å². The van der Waals surface area contributed by atoms with Gasteiger partial charge in [0.05, 0.1) is 18.0 Å². The Morgan fingerprint density at radius 3 is 2.89 bits per heavy atom. The van der Waals surface area contributed by atoms with E-state index >= 15 is 0 Å². The molecule has 0 atom stereocenters. The molecule has 1 N–H and O–H groups in total. The summed E-state index contributed by atoms with van der Waals surface area (Å²) in [6.07, 6.45) is 0.136. The van der Waals surface area contributed by atoms with E-state index in [0.717, 1.165) is 0 Å². The Morgan fingerprint density at radius 2 is 2.28 bits per heavy atom. The first kappa shape index (κ1) is 14.2. The van der Waals surface area contributed by atoms with Gasteiger partial charge in [-0.15, -0.1) is 0 Å². The number of benzene rings is 1. The largest absolute Gasteiger partial charge is 0.466 e.